The molecule has 1 aromatic rings. The van der Waals surface area contributed by atoms with Gasteiger partial charge in [-0.25, -0.2) is 8.42 Å². The molecule has 0 saturated heterocycles. The molecule has 25 heavy (non-hydrogen) atoms. The molecule has 1 fully saturated rings. The second kappa shape index (κ2) is 9.37. The van der Waals surface area contributed by atoms with Crippen molar-refractivity contribution in [3.63, 3.8) is 0 Å². The van der Waals surface area contributed by atoms with E-state index >= 15 is 0 Å². The smallest absolute Gasteiger partial charge is 0.152 e. The molecule has 1 aliphatic rings. The molecule has 0 bridgehead atoms. The fourth-order valence-corrected chi connectivity index (χ4v) is 3.68. The van der Waals surface area contributed by atoms with E-state index in [9.17, 15) is 13.2 Å². The normalized spacial score (nSPS) is 14.7. The third kappa shape index (κ3) is 7.59. The van der Waals surface area contributed by atoms with E-state index in [2.05, 4.69) is 0 Å². The van der Waals surface area contributed by atoms with Crippen molar-refractivity contribution in [3.05, 3.63) is 29.8 Å². The largest absolute Gasteiger partial charge is 0.493 e. The van der Waals surface area contributed by atoms with Gasteiger partial charge in [-0.15, -0.1) is 0 Å². The van der Waals surface area contributed by atoms with Gasteiger partial charge in [0.25, 0.3) is 0 Å². The van der Waals surface area contributed by atoms with Crippen LogP contribution in [-0.4, -0.2) is 31.8 Å². The first-order valence-electron chi connectivity index (χ1n) is 9.32. The van der Waals surface area contributed by atoms with E-state index in [0.29, 0.717) is 25.2 Å². The molecule has 4 nitrogen and oxygen atoms in total. The Morgan fingerprint density at radius 3 is 2.64 bits per heavy atom. The number of ketones is 1. The fourth-order valence-electron chi connectivity index (χ4n) is 2.60. The van der Waals surface area contributed by atoms with Gasteiger partial charge in [0, 0.05) is 12.8 Å². The Labute approximate surface area is 151 Å². The summed E-state index contributed by atoms with van der Waals surface area (Å²) in [6.45, 7) is 4.19. The SMILES string of the molecule is CC(C)S(=O)(=O)CCCCCC(=O)Cc1cccc(OCC2CC2)c1. The molecule has 0 atom stereocenters. The standard InChI is InChI=1S/C20H30O4S/c1-16(2)25(22,23)12-5-3-4-8-19(21)13-18-7-6-9-20(14-18)24-15-17-10-11-17/h6-7,9,14,16-17H,3-5,8,10-13,15H2,1-2H3. The zero-order valence-corrected chi connectivity index (χ0v) is 16.2. The van der Waals surface area contributed by atoms with E-state index in [4.69, 9.17) is 4.74 Å². The summed E-state index contributed by atoms with van der Waals surface area (Å²) < 4.78 is 29.2. The van der Waals surface area contributed by atoms with Gasteiger partial charge in [-0.05, 0) is 63.1 Å². The molecule has 140 valence electrons. The maximum Gasteiger partial charge on any atom is 0.152 e. The predicted octanol–water partition coefficient (Wildman–Crippen LogP) is 3.97. The van der Waals surface area contributed by atoms with Gasteiger partial charge >= 0.3 is 0 Å². The van der Waals surface area contributed by atoms with Crippen molar-refractivity contribution in [2.75, 3.05) is 12.4 Å². The highest BCUT2D eigenvalue weighted by molar-refractivity contribution is 7.91. The first-order valence-corrected chi connectivity index (χ1v) is 11.0. The topological polar surface area (TPSA) is 60.4 Å². The number of sulfone groups is 1. The number of benzene rings is 1. The van der Waals surface area contributed by atoms with Gasteiger partial charge in [-0.1, -0.05) is 18.6 Å². The number of rotatable bonds is 12. The number of Topliss-reactive ketones (excluding diaryl/α,β-unsaturated/α-hetero) is 1. The van der Waals surface area contributed by atoms with Crippen molar-refractivity contribution in [1.29, 1.82) is 0 Å². The monoisotopic (exact) mass is 366 g/mol. The van der Waals surface area contributed by atoms with Crippen LogP contribution in [0.3, 0.4) is 0 Å². The van der Waals surface area contributed by atoms with Crippen LogP contribution in [0.1, 0.15) is 57.9 Å². The number of hydrogen-bond donors (Lipinski definition) is 0. The number of hydrogen-bond acceptors (Lipinski definition) is 4. The number of carbonyl (C=O) groups excluding carboxylic acids is 1. The van der Waals surface area contributed by atoms with E-state index in [-0.39, 0.29) is 16.8 Å². The second-order valence-electron chi connectivity index (χ2n) is 7.34. The van der Waals surface area contributed by atoms with Crippen molar-refractivity contribution in [2.45, 2.75) is 64.0 Å². The first kappa shape index (κ1) is 20.0. The van der Waals surface area contributed by atoms with Gasteiger partial charge in [-0.2, -0.15) is 0 Å². The van der Waals surface area contributed by atoms with Crippen LogP contribution in [0.5, 0.6) is 5.75 Å². The quantitative estimate of drug-likeness (QED) is 0.525. The highest BCUT2D eigenvalue weighted by atomic mass is 32.2. The molecule has 0 N–H and O–H groups in total. The van der Waals surface area contributed by atoms with Gasteiger partial charge in [0.05, 0.1) is 17.6 Å². The summed E-state index contributed by atoms with van der Waals surface area (Å²) in [4.78, 5) is 12.1. The van der Waals surface area contributed by atoms with E-state index in [1.807, 2.05) is 24.3 Å². The molecule has 5 heteroatoms. The lowest BCUT2D eigenvalue weighted by molar-refractivity contribution is -0.118. The lowest BCUT2D eigenvalue weighted by Gasteiger charge is -2.08. The minimum absolute atomic E-state index is 0.200. The predicted molar refractivity (Wildman–Crippen MR) is 101 cm³/mol. The Morgan fingerprint density at radius 1 is 1.20 bits per heavy atom. The third-order valence-corrected chi connectivity index (χ3v) is 6.88. The minimum Gasteiger partial charge on any atom is -0.493 e. The molecule has 1 saturated carbocycles. The van der Waals surface area contributed by atoms with Crippen LogP contribution in [0.2, 0.25) is 0 Å². The molecule has 0 unspecified atom stereocenters. The van der Waals surface area contributed by atoms with E-state index < -0.39 is 9.84 Å². The van der Waals surface area contributed by atoms with Gasteiger partial charge < -0.3 is 4.74 Å². The lowest BCUT2D eigenvalue weighted by Crippen LogP contribution is -2.17. The molecular weight excluding hydrogens is 336 g/mol. The molecule has 2 rings (SSSR count). The summed E-state index contributed by atoms with van der Waals surface area (Å²) in [5, 5.41) is -0.316. The zero-order valence-electron chi connectivity index (χ0n) is 15.4. The number of carbonyl (C=O) groups is 1. The summed E-state index contributed by atoms with van der Waals surface area (Å²) in [7, 11) is -2.96. The van der Waals surface area contributed by atoms with E-state index in [0.717, 1.165) is 30.8 Å². The van der Waals surface area contributed by atoms with Crippen molar-refractivity contribution in [1.82, 2.24) is 0 Å². The average Bonchev–Trinajstić information content (AvgIpc) is 3.37. The van der Waals surface area contributed by atoms with Crippen LogP contribution in [-0.2, 0) is 21.1 Å². The van der Waals surface area contributed by atoms with Crippen LogP contribution >= 0.6 is 0 Å². The molecule has 0 aromatic heterocycles. The highest BCUT2D eigenvalue weighted by Crippen LogP contribution is 2.29. The highest BCUT2D eigenvalue weighted by Gasteiger charge is 2.21. The second-order valence-corrected chi connectivity index (χ2v) is 10.0. The van der Waals surface area contributed by atoms with Crippen LogP contribution in [0.25, 0.3) is 0 Å². The Balaban J connectivity index is 1.65. The summed E-state index contributed by atoms with van der Waals surface area (Å²) >= 11 is 0. The van der Waals surface area contributed by atoms with Crippen LogP contribution in [0.15, 0.2) is 24.3 Å². The summed E-state index contributed by atoms with van der Waals surface area (Å²) in [6.07, 6.45) is 5.62. The van der Waals surface area contributed by atoms with Gasteiger partial charge in [-0.3, -0.25) is 4.79 Å². The Kier molecular flexibility index (Phi) is 7.48. The average molecular weight is 367 g/mol. The Morgan fingerprint density at radius 2 is 1.96 bits per heavy atom. The van der Waals surface area contributed by atoms with Gasteiger partial charge in [0.1, 0.15) is 11.5 Å². The maximum absolute atomic E-state index is 12.1. The van der Waals surface area contributed by atoms with Crippen LogP contribution in [0, 0.1) is 5.92 Å². The van der Waals surface area contributed by atoms with Gasteiger partial charge in [0.15, 0.2) is 9.84 Å². The minimum atomic E-state index is -2.96. The van der Waals surface area contributed by atoms with E-state index in [1.165, 1.54) is 12.8 Å². The molecule has 0 spiro atoms. The van der Waals surface area contributed by atoms with Gasteiger partial charge in [0.2, 0.25) is 0 Å². The summed E-state index contributed by atoms with van der Waals surface area (Å²) in [5.41, 5.74) is 0.987. The zero-order chi connectivity index (χ0) is 18.3. The van der Waals surface area contributed by atoms with Crippen molar-refractivity contribution >= 4 is 15.6 Å². The Hall–Kier alpha value is -1.36. The Bertz CT molecular complexity index is 660. The van der Waals surface area contributed by atoms with Crippen LogP contribution in [0.4, 0.5) is 0 Å². The third-order valence-electron chi connectivity index (χ3n) is 4.59. The first-order chi connectivity index (χ1) is 11.9. The molecular formula is C20H30O4S. The lowest BCUT2D eigenvalue weighted by atomic mass is 10.0. The van der Waals surface area contributed by atoms with Crippen LogP contribution < -0.4 is 4.74 Å². The molecule has 0 aliphatic heterocycles. The molecule has 0 radical (unpaired) electrons. The fraction of sp³-hybridized carbons (Fsp3) is 0.650. The number of ether oxygens (including phenoxy) is 1. The number of unbranched alkanes of at least 4 members (excludes halogenated alkanes) is 2. The summed E-state index contributed by atoms with van der Waals surface area (Å²) in [6, 6.07) is 7.78. The summed E-state index contributed by atoms with van der Waals surface area (Å²) in [5.74, 6) is 1.98. The van der Waals surface area contributed by atoms with Crippen molar-refractivity contribution in [3.8, 4) is 5.75 Å². The molecule has 1 aliphatic carbocycles. The molecule has 0 heterocycles. The van der Waals surface area contributed by atoms with Crippen molar-refractivity contribution < 1.29 is 17.9 Å². The molecule has 1 aromatic carbocycles. The molecule has 0 amide bonds. The van der Waals surface area contributed by atoms with Crippen molar-refractivity contribution in [2.24, 2.45) is 5.92 Å². The van der Waals surface area contributed by atoms with E-state index in [1.54, 1.807) is 13.8 Å². The maximum atomic E-state index is 12.1.